The quantitative estimate of drug-likeness (QED) is 0.596. The molecule has 4 aromatic rings. The lowest BCUT2D eigenvalue weighted by Crippen LogP contribution is -2.18. The summed E-state index contributed by atoms with van der Waals surface area (Å²) < 4.78 is 1.39. The van der Waals surface area contributed by atoms with Gasteiger partial charge in [-0.3, -0.25) is 9.59 Å². The van der Waals surface area contributed by atoms with Crippen molar-refractivity contribution in [1.82, 2.24) is 19.8 Å². The van der Waals surface area contributed by atoms with Crippen LogP contribution in [0.25, 0.3) is 16.6 Å². The van der Waals surface area contributed by atoms with Crippen LogP contribution >= 0.6 is 0 Å². The molecule has 0 atom stereocenters. The van der Waals surface area contributed by atoms with Crippen LogP contribution in [0.3, 0.4) is 0 Å². The van der Waals surface area contributed by atoms with Crippen LogP contribution in [-0.2, 0) is 0 Å². The average Bonchev–Trinajstić information content (AvgIpc) is 3.08. The molecule has 7 nitrogen and oxygen atoms in total. The number of carbonyl (C=O) groups is 1. The van der Waals surface area contributed by atoms with Crippen LogP contribution in [0, 0.1) is 0 Å². The summed E-state index contributed by atoms with van der Waals surface area (Å²) in [6, 6.07) is 14.8. The first kappa shape index (κ1) is 16.0. The third kappa shape index (κ3) is 2.63. The van der Waals surface area contributed by atoms with Gasteiger partial charge in [-0.05, 0) is 35.7 Å². The van der Waals surface area contributed by atoms with Gasteiger partial charge in [0, 0.05) is 5.69 Å². The van der Waals surface area contributed by atoms with Gasteiger partial charge in [0.05, 0.1) is 11.0 Å². The van der Waals surface area contributed by atoms with Crippen molar-refractivity contribution in [2.24, 2.45) is 0 Å². The van der Waals surface area contributed by atoms with Gasteiger partial charge >= 0.3 is 0 Å². The molecule has 0 spiro atoms. The largest absolute Gasteiger partial charge is 0.321 e. The van der Waals surface area contributed by atoms with Gasteiger partial charge in [-0.2, -0.15) is 0 Å². The number of fused-ring (bicyclic) bond motifs is 3. The molecule has 0 fully saturated rings. The molecule has 1 amide bonds. The maximum Gasteiger partial charge on any atom is 0.278 e. The number of rotatable bonds is 3. The Hall–Kier alpha value is -3.48. The zero-order valence-electron chi connectivity index (χ0n) is 14.4. The number of carbonyl (C=O) groups excluding carboxylic acids is 1. The molecule has 130 valence electrons. The monoisotopic (exact) mass is 347 g/mol. The molecule has 0 radical (unpaired) electrons. The van der Waals surface area contributed by atoms with Crippen molar-refractivity contribution in [2.75, 3.05) is 5.32 Å². The van der Waals surface area contributed by atoms with Crippen LogP contribution in [0.15, 0.2) is 53.3 Å². The Morgan fingerprint density at radius 2 is 1.85 bits per heavy atom. The predicted molar refractivity (Wildman–Crippen MR) is 99.6 cm³/mol. The number of H-pyrrole nitrogens is 1. The molecule has 0 bridgehead atoms. The van der Waals surface area contributed by atoms with Crippen molar-refractivity contribution in [2.45, 2.75) is 19.8 Å². The molecule has 0 aliphatic heterocycles. The van der Waals surface area contributed by atoms with Gasteiger partial charge in [-0.1, -0.05) is 43.3 Å². The normalized spacial score (nSPS) is 11.3. The van der Waals surface area contributed by atoms with Crippen molar-refractivity contribution < 1.29 is 4.79 Å². The molecule has 0 unspecified atom stereocenters. The second-order valence-corrected chi connectivity index (χ2v) is 6.40. The Balaban J connectivity index is 1.73. The molecule has 4 rings (SSSR count). The van der Waals surface area contributed by atoms with Crippen molar-refractivity contribution >= 4 is 28.1 Å². The maximum absolute atomic E-state index is 12.6. The van der Waals surface area contributed by atoms with E-state index in [0.29, 0.717) is 22.6 Å². The first-order valence-corrected chi connectivity index (χ1v) is 8.32. The smallest absolute Gasteiger partial charge is 0.278 e. The molecule has 0 saturated carbocycles. The SMILES string of the molecule is CC(C)c1ccc(NC(=O)c2nnn3c2c(=O)[nH]c2ccccc23)cc1. The number of hydrogen-bond donors (Lipinski definition) is 2. The molecule has 0 aliphatic carbocycles. The van der Waals surface area contributed by atoms with E-state index in [4.69, 9.17) is 0 Å². The van der Waals surface area contributed by atoms with Gasteiger partial charge in [0.25, 0.3) is 11.5 Å². The van der Waals surface area contributed by atoms with Gasteiger partial charge in [-0.25, -0.2) is 4.52 Å². The summed E-state index contributed by atoms with van der Waals surface area (Å²) in [4.78, 5) is 27.8. The highest BCUT2D eigenvalue weighted by atomic mass is 16.2. The van der Waals surface area contributed by atoms with Crippen molar-refractivity contribution in [3.05, 3.63) is 70.1 Å². The number of hydrogen-bond acceptors (Lipinski definition) is 4. The highest BCUT2D eigenvalue weighted by molar-refractivity contribution is 6.07. The number of para-hydroxylation sites is 2. The van der Waals surface area contributed by atoms with Crippen LogP contribution < -0.4 is 10.9 Å². The summed E-state index contributed by atoms with van der Waals surface area (Å²) in [5, 5.41) is 10.7. The predicted octanol–water partition coefficient (Wildman–Crippen LogP) is 2.95. The Morgan fingerprint density at radius 1 is 1.12 bits per heavy atom. The van der Waals surface area contributed by atoms with E-state index >= 15 is 0 Å². The van der Waals surface area contributed by atoms with E-state index < -0.39 is 11.5 Å². The number of amides is 1. The van der Waals surface area contributed by atoms with Gasteiger partial charge < -0.3 is 10.3 Å². The minimum Gasteiger partial charge on any atom is -0.321 e. The van der Waals surface area contributed by atoms with Crippen LogP contribution in [0.1, 0.15) is 35.8 Å². The molecule has 0 saturated heterocycles. The van der Waals surface area contributed by atoms with E-state index in [1.807, 2.05) is 36.4 Å². The number of aromatic amines is 1. The van der Waals surface area contributed by atoms with E-state index in [1.54, 1.807) is 12.1 Å². The molecule has 7 heteroatoms. The molecule has 2 aromatic heterocycles. The van der Waals surface area contributed by atoms with Gasteiger partial charge in [0.15, 0.2) is 11.2 Å². The number of nitrogens with one attached hydrogen (secondary N) is 2. The standard InChI is InChI=1S/C19H17N5O2/c1-11(2)12-7-9-13(10-8-12)20-18(25)16-17-19(26)21-14-5-3-4-6-15(14)24(17)23-22-16/h3-11H,1-2H3,(H,20,25)(H,21,26). The lowest BCUT2D eigenvalue weighted by Gasteiger charge is -2.07. The van der Waals surface area contributed by atoms with E-state index in [2.05, 4.69) is 34.5 Å². The van der Waals surface area contributed by atoms with Crippen LogP contribution in [0.5, 0.6) is 0 Å². The molecule has 26 heavy (non-hydrogen) atoms. The number of benzene rings is 2. The molecule has 2 N–H and O–H groups in total. The molecule has 2 heterocycles. The zero-order chi connectivity index (χ0) is 18.3. The molecule has 0 aliphatic rings. The number of aromatic nitrogens is 4. The van der Waals surface area contributed by atoms with Crippen LogP contribution in [-0.4, -0.2) is 25.7 Å². The fraction of sp³-hybridized carbons (Fsp3) is 0.158. The number of anilines is 1. The average molecular weight is 347 g/mol. The Kier molecular flexibility index (Phi) is 3.76. The first-order valence-electron chi connectivity index (χ1n) is 8.32. The van der Waals surface area contributed by atoms with Crippen molar-refractivity contribution in [1.29, 1.82) is 0 Å². The van der Waals surface area contributed by atoms with Crippen LogP contribution in [0.2, 0.25) is 0 Å². The summed E-state index contributed by atoms with van der Waals surface area (Å²) >= 11 is 0. The van der Waals surface area contributed by atoms with E-state index in [9.17, 15) is 9.59 Å². The minimum absolute atomic E-state index is 0.00932. The lowest BCUT2D eigenvalue weighted by molar-refractivity contribution is 0.102. The minimum atomic E-state index is -0.474. The Bertz CT molecular complexity index is 1170. The van der Waals surface area contributed by atoms with E-state index in [-0.39, 0.29) is 11.2 Å². The van der Waals surface area contributed by atoms with E-state index in [1.165, 1.54) is 10.1 Å². The summed E-state index contributed by atoms with van der Waals surface area (Å²) in [7, 11) is 0. The number of nitrogens with zero attached hydrogens (tertiary/aromatic N) is 3. The zero-order valence-corrected chi connectivity index (χ0v) is 14.4. The van der Waals surface area contributed by atoms with E-state index in [0.717, 1.165) is 0 Å². The Labute approximate surface area is 148 Å². The molecular weight excluding hydrogens is 330 g/mol. The van der Waals surface area contributed by atoms with Crippen molar-refractivity contribution in [3.8, 4) is 0 Å². The summed E-state index contributed by atoms with van der Waals surface area (Å²) in [5.74, 6) is -0.0639. The summed E-state index contributed by atoms with van der Waals surface area (Å²) in [5.41, 5.74) is 2.83. The highest BCUT2D eigenvalue weighted by Gasteiger charge is 2.19. The molecular formula is C19H17N5O2. The molecule has 2 aromatic carbocycles. The topological polar surface area (TPSA) is 92.2 Å². The highest BCUT2D eigenvalue weighted by Crippen LogP contribution is 2.18. The van der Waals surface area contributed by atoms with Gasteiger partial charge in [0.1, 0.15) is 0 Å². The third-order valence-corrected chi connectivity index (χ3v) is 4.32. The fourth-order valence-corrected chi connectivity index (χ4v) is 2.89. The Morgan fingerprint density at radius 3 is 2.58 bits per heavy atom. The second kappa shape index (κ2) is 6.11. The fourth-order valence-electron chi connectivity index (χ4n) is 2.89. The lowest BCUT2D eigenvalue weighted by atomic mass is 10.0. The summed E-state index contributed by atoms with van der Waals surface area (Å²) in [6.07, 6.45) is 0. The first-order chi connectivity index (χ1) is 12.5. The maximum atomic E-state index is 12.6. The van der Waals surface area contributed by atoms with Gasteiger partial charge in [0.2, 0.25) is 0 Å². The summed E-state index contributed by atoms with van der Waals surface area (Å²) in [6.45, 7) is 4.21. The van der Waals surface area contributed by atoms with Gasteiger partial charge in [-0.15, -0.1) is 5.10 Å². The third-order valence-electron chi connectivity index (χ3n) is 4.32. The van der Waals surface area contributed by atoms with Crippen LogP contribution in [0.4, 0.5) is 5.69 Å². The van der Waals surface area contributed by atoms with Crippen molar-refractivity contribution in [3.63, 3.8) is 0 Å². The second-order valence-electron chi connectivity index (χ2n) is 6.40.